The largest absolute Gasteiger partial charge is 0.489 e. The van der Waals surface area contributed by atoms with Crippen molar-refractivity contribution in [2.24, 2.45) is 0 Å². The van der Waals surface area contributed by atoms with E-state index in [4.69, 9.17) is 16.3 Å². The standard InChI is InChI=1S/C25H23ClN4O3S/c1-17-7-13-21(14-8-17)30-18(2)27-28-25(30)34-24(15-29(31)32)22-5-3-4-6-23(22)33-16-19-9-11-20(26)12-10-19/h3-14,24H,15-16H2,1-2H3/t24-/m1/s1. The van der Waals surface area contributed by atoms with Crippen LogP contribution in [0.4, 0.5) is 0 Å². The fraction of sp³-hybridized carbons (Fsp3) is 0.200. The Bertz CT molecular complexity index is 1280. The molecule has 174 valence electrons. The summed E-state index contributed by atoms with van der Waals surface area (Å²) in [4.78, 5) is 11.3. The van der Waals surface area contributed by atoms with Gasteiger partial charge in [0.15, 0.2) is 5.16 Å². The van der Waals surface area contributed by atoms with E-state index >= 15 is 0 Å². The summed E-state index contributed by atoms with van der Waals surface area (Å²) in [6.07, 6.45) is 0. The number of aromatic nitrogens is 3. The molecule has 7 nitrogen and oxygen atoms in total. The van der Waals surface area contributed by atoms with Crippen LogP contribution in [0.3, 0.4) is 0 Å². The first kappa shape index (κ1) is 23.8. The third-order valence-corrected chi connectivity index (χ3v) is 6.64. The van der Waals surface area contributed by atoms with Crippen molar-refractivity contribution in [3.05, 3.63) is 110 Å². The van der Waals surface area contributed by atoms with E-state index in [0.29, 0.717) is 28.4 Å². The predicted molar refractivity (Wildman–Crippen MR) is 134 cm³/mol. The van der Waals surface area contributed by atoms with E-state index in [1.807, 2.05) is 79.1 Å². The van der Waals surface area contributed by atoms with Gasteiger partial charge in [0.2, 0.25) is 6.54 Å². The summed E-state index contributed by atoms with van der Waals surface area (Å²) in [6.45, 7) is 3.92. The summed E-state index contributed by atoms with van der Waals surface area (Å²) in [6, 6.07) is 22.8. The van der Waals surface area contributed by atoms with E-state index in [9.17, 15) is 10.1 Å². The first-order chi connectivity index (χ1) is 16.4. The monoisotopic (exact) mass is 494 g/mol. The lowest BCUT2D eigenvalue weighted by Gasteiger charge is -2.18. The highest BCUT2D eigenvalue weighted by atomic mass is 35.5. The van der Waals surface area contributed by atoms with E-state index < -0.39 is 5.25 Å². The van der Waals surface area contributed by atoms with E-state index in [2.05, 4.69) is 10.2 Å². The maximum atomic E-state index is 11.6. The number of hydrogen-bond donors (Lipinski definition) is 0. The Morgan fingerprint density at radius 2 is 1.74 bits per heavy atom. The minimum atomic E-state index is -0.524. The molecule has 9 heteroatoms. The number of rotatable bonds is 9. The zero-order chi connectivity index (χ0) is 24.1. The van der Waals surface area contributed by atoms with Crippen molar-refractivity contribution in [1.29, 1.82) is 0 Å². The molecular weight excluding hydrogens is 472 g/mol. The van der Waals surface area contributed by atoms with Gasteiger partial charge in [0.25, 0.3) is 0 Å². The van der Waals surface area contributed by atoms with Crippen LogP contribution in [-0.4, -0.2) is 26.2 Å². The SMILES string of the molecule is Cc1ccc(-n2c(C)nnc2S[C@H](C[N+](=O)[O-])c2ccccc2OCc2ccc(Cl)cc2)cc1. The molecule has 0 unspecified atom stereocenters. The van der Waals surface area contributed by atoms with Gasteiger partial charge < -0.3 is 4.74 Å². The van der Waals surface area contributed by atoms with Crippen LogP contribution in [0.1, 0.15) is 27.8 Å². The van der Waals surface area contributed by atoms with Gasteiger partial charge in [0, 0.05) is 21.2 Å². The van der Waals surface area contributed by atoms with Crippen molar-refractivity contribution in [2.75, 3.05) is 6.54 Å². The van der Waals surface area contributed by atoms with Crippen LogP contribution in [0.25, 0.3) is 5.69 Å². The molecule has 34 heavy (non-hydrogen) atoms. The van der Waals surface area contributed by atoms with Crippen LogP contribution in [0.2, 0.25) is 5.02 Å². The number of nitro groups is 1. The lowest BCUT2D eigenvalue weighted by molar-refractivity contribution is -0.479. The number of hydrogen-bond acceptors (Lipinski definition) is 6. The third-order valence-electron chi connectivity index (χ3n) is 5.22. The number of halogens is 1. The zero-order valence-electron chi connectivity index (χ0n) is 18.7. The van der Waals surface area contributed by atoms with Gasteiger partial charge in [-0.05, 0) is 49.7 Å². The van der Waals surface area contributed by atoms with Crippen molar-refractivity contribution < 1.29 is 9.66 Å². The number of benzene rings is 3. The van der Waals surface area contributed by atoms with Crippen LogP contribution in [0, 0.1) is 24.0 Å². The molecule has 1 heterocycles. The second-order valence-corrected chi connectivity index (χ2v) is 9.38. The number of para-hydroxylation sites is 1. The average molecular weight is 495 g/mol. The highest BCUT2D eigenvalue weighted by Crippen LogP contribution is 2.40. The van der Waals surface area contributed by atoms with Gasteiger partial charge in [-0.15, -0.1) is 10.2 Å². The van der Waals surface area contributed by atoms with E-state index in [-0.39, 0.29) is 11.5 Å². The average Bonchev–Trinajstić information content (AvgIpc) is 3.18. The van der Waals surface area contributed by atoms with Crippen LogP contribution in [-0.2, 0) is 6.61 Å². The molecule has 0 fully saturated rings. The van der Waals surface area contributed by atoms with Crippen LogP contribution < -0.4 is 4.74 Å². The van der Waals surface area contributed by atoms with Crippen molar-refractivity contribution in [3.63, 3.8) is 0 Å². The summed E-state index contributed by atoms with van der Waals surface area (Å²) in [7, 11) is 0. The summed E-state index contributed by atoms with van der Waals surface area (Å²) >= 11 is 7.27. The molecule has 0 saturated heterocycles. The van der Waals surface area contributed by atoms with Crippen LogP contribution >= 0.6 is 23.4 Å². The van der Waals surface area contributed by atoms with E-state index in [0.717, 1.165) is 22.4 Å². The van der Waals surface area contributed by atoms with E-state index in [1.165, 1.54) is 11.8 Å². The Labute approximate surface area is 206 Å². The first-order valence-corrected chi connectivity index (χ1v) is 11.9. The summed E-state index contributed by atoms with van der Waals surface area (Å²) in [5.74, 6) is 1.30. The highest BCUT2D eigenvalue weighted by molar-refractivity contribution is 7.99. The number of ether oxygens (including phenoxy) is 1. The van der Waals surface area contributed by atoms with Gasteiger partial charge in [-0.2, -0.15) is 0 Å². The molecule has 0 N–H and O–H groups in total. The first-order valence-electron chi connectivity index (χ1n) is 10.6. The van der Waals surface area contributed by atoms with Crippen molar-refractivity contribution >= 4 is 23.4 Å². The molecule has 1 atom stereocenters. The van der Waals surface area contributed by atoms with Gasteiger partial charge in [-0.1, -0.05) is 71.4 Å². The molecule has 4 rings (SSSR count). The summed E-state index contributed by atoms with van der Waals surface area (Å²) in [5.41, 5.74) is 3.73. The van der Waals surface area contributed by atoms with Gasteiger partial charge in [0.05, 0.1) is 0 Å². The smallest absolute Gasteiger partial charge is 0.220 e. The second-order valence-electron chi connectivity index (χ2n) is 7.78. The molecule has 1 aromatic heterocycles. The maximum absolute atomic E-state index is 11.6. The zero-order valence-corrected chi connectivity index (χ0v) is 20.3. The number of thioether (sulfide) groups is 1. The fourth-order valence-corrected chi connectivity index (χ4v) is 4.82. The molecular formula is C25H23ClN4O3S. The summed E-state index contributed by atoms with van der Waals surface area (Å²) in [5, 5.41) is 20.8. The predicted octanol–water partition coefficient (Wildman–Crippen LogP) is 6.23. The van der Waals surface area contributed by atoms with Crippen molar-refractivity contribution in [3.8, 4) is 11.4 Å². The number of aryl methyl sites for hydroxylation is 2. The molecule has 0 aliphatic rings. The minimum absolute atomic E-state index is 0.286. The van der Waals surface area contributed by atoms with Crippen molar-refractivity contribution in [2.45, 2.75) is 30.9 Å². The topological polar surface area (TPSA) is 83.1 Å². The van der Waals surface area contributed by atoms with Gasteiger partial charge >= 0.3 is 0 Å². The minimum Gasteiger partial charge on any atom is -0.489 e. The molecule has 0 saturated carbocycles. The molecule has 0 spiro atoms. The van der Waals surface area contributed by atoms with Gasteiger partial charge in [-0.3, -0.25) is 14.7 Å². The summed E-state index contributed by atoms with van der Waals surface area (Å²) < 4.78 is 7.99. The molecule has 0 bridgehead atoms. The van der Waals surface area contributed by atoms with Crippen molar-refractivity contribution in [1.82, 2.24) is 14.8 Å². The Kier molecular flexibility index (Phi) is 7.49. The van der Waals surface area contributed by atoms with E-state index in [1.54, 1.807) is 12.1 Å². The second kappa shape index (κ2) is 10.7. The molecule has 0 aliphatic carbocycles. The van der Waals surface area contributed by atoms with Gasteiger partial charge in [-0.25, -0.2) is 0 Å². The molecule has 0 radical (unpaired) electrons. The Morgan fingerprint density at radius 3 is 2.44 bits per heavy atom. The molecule has 0 aliphatic heterocycles. The quantitative estimate of drug-likeness (QED) is 0.156. The highest BCUT2D eigenvalue weighted by Gasteiger charge is 2.26. The van der Waals surface area contributed by atoms with Gasteiger partial charge in [0.1, 0.15) is 23.4 Å². The Balaban J connectivity index is 1.63. The lowest BCUT2D eigenvalue weighted by atomic mass is 10.1. The molecule has 4 aromatic rings. The molecule has 0 amide bonds. The van der Waals surface area contributed by atoms with Crippen LogP contribution in [0.5, 0.6) is 5.75 Å². The lowest BCUT2D eigenvalue weighted by Crippen LogP contribution is -2.12. The van der Waals surface area contributed by atoms with Crippen LogP contribution in [0.15, 0.2) is 78.0 Å². The normalized spacial score (nSPS) is 11.9. The fourth-order valence-electron chi connectivity index (χ4n) is 3.49. The number of nitrogens with zero attached hydrogens (tertiary/aromatic N) is 4. The third kappa shape index (κ3) is 5.76. The Morgan fingerprint density at radius 1 is 1.03 bits per heavy atom. The Hall–Kier alpha value is -3.36. The molecule has 3 aromatic carbocycles. The maximum Gasteiger partial charge on any atom is 0.220 e.